The van der Waals surface area contributed by atoms with Gasteiger partial charge >= 0.3 is 12.1 Å². The number of carbonyl (C=O) groups excluding carboxylic acids is 2. The molecule has 0 bridgehead atoms. The lowest BCUT2D eigenvalue weighted by atomic mass is 9.97. The number of fused-ring (bicyclic) bond motifs is 1. The molecular formula is C19H27NO5. The van der Waals surface area contributed by atoms with E-state index in [0.29, 0.717) is 37.6 Å². The van der Waals surface area contributed by atoms with Crippen LogP contribution in [0.25, 0.3) is 0 Å². The van der Waals surface area contributed by atoms with E-state index in [1.54, 1.807) is 11.8 Å². The quantitative estimate of drug-likeness (QED) is 0.772. The van der Waals surface area contributed by atoms with Gasteiger partial charge in [0.05, 0.1) is 25.3 Å². The third-order valence-electron chi connectivity index (χ3n) is 3.81. The fourth-order valence-corrected chi connectivity index (χ4v) is 2.64. The Morgan fingerprint density at radius 3 is 2.68 bits per heavy atom. The first-order valence-electron chi connectivity index (χ1n) is 8.64. The Balaban J connectivity index is 2.16. The Kier molecular flexibility index (Phi) is 5.93. The molecule has 6 heteroatoms. The summed E-state index contributed by atoms with van der Waals surface area (Å²) >= 11 is 0. The number of anilines is 1. The molecule has 1 aliphatic rings. The van der Waals surface area contributed by atoms with E-state index in [9.17, 15) is 9.59 Å². The van der Waals surface area contributed by atoms with Gasteiger partial charge in [-0.1, -0.05) is 13.0 Å². The Bertz CT molecular complexity index is 635. The number of esters is 1. The SMILES string of the molecule is CCOC(=O)CC(C)c1ccc2c(c1)OCCN2C(=O)OC(C)(C)C. The Hall–Kier alpha value is -2.24. The minimum Gasteiger partial charge on any atom is -0.490 e. The molecule has 1 aliphatic heterocycles. The standard InChI is InChI=1S/C19H27NO5/c1-6-23-17(21)11-13(2)14-7-8-15-16(12-14)24-10-9-20(15)18(22)25-19(3,4)5/h7-8,12-13H,6,9-11H2,1-5H3. The zero-order valence-electron chi connectivity index (χ0n) is 15.6. The second-order valence-electron chi connectivity index (χ2n) is 7.12. The van der Waals surface area contributed by atoms with Crippen molar-refractivity contribution in [1.29, 1.82) is 0 Å². The highest BCUT2D eigenvalue weighted by atomic mass is 16.6. The lowest BCUT2D eigenvalue weighted by molar-refractivity contribution is -0.143. The van der Waals surface area contributed by atoms with Gasteiger partial charge in [0, 0.05) is 0 Å². The highest BCUT2D eigenvalue weighted by Gasteiger charge is 2.28. The molecule has 1 unspecified atom stereocenters. The summed E-state index contributed by atoms with van der Waals surface area (Å²) in [5.74, 6) is 0.416. The van der Waals surface area contributed by atoms with Gasteiger partial charge in [0.2, 0.25) is 0 Å². The molecule has 0 spiro atoms. The number of ether oxygens (including phenoxy) is 3. The van der Waals surface area contributed by atoms with Crippen LogP contribution in [0, 0.1) is 0 Å². The van der Waals surface area contributed by atoms with Crippen LogP contribution in [0.15, 0.2) is 18.2 Å². The molecule has 0 aliphatic carbocycles. The molecule has 25 heavy (non-hydrogen) atoms. The van der Waals surface area contributed by atoms with E-state index in [-0.39, 0.29) is 18.0 Å². The van der Waals surface area contributed by atoms with Gasteiger partial charge < -0.3 is 14.2 Å². The minimum absolute atomic E-state index is 0.00449. The van der Waals surface area contributed by atoms with Gasteiger partial charge in [-0.05, 0) is 51.3 Å². The molecule has 0 N–H and O–H groups in total. The second kappa shape index (κ2) is 7.76. The molecule has 1 aromatic carbocycles. The molecule has 0 saturated carbocycles. The molecule has 2 rings (SSSR count). The molecule has 1 heterocycles. The first-order valence-corrected chi connectivity index (χ1v) is 8.64. The smallest absolute Gasteiger partial charge is 0.415 e. The summed E-state index contributed by atoms with van der Waals surface area (Å²) in [6.45, 7) is 10.5. The van der Waals surface area contributed by atoms with Gasteiger partial charge in [-0.15, -0.1) is 0 Å². The van der Waals surface area contributed by atoms with Crippen molar-refractivity contribution < 1.29 is 23.8 Å². The van der Waals surface area contributed by atoms with E-state index < -0.39 is 5.60 Å². The maximum atomic E-state index is 12.4. The molecule has 1 aromatic rings. The van der Waals surface area contributed by atoms with Gasteiger partial charge in [-0.25, -0.2) is 4.79 Å². The number of amides is 1. The fourth-order valence-electron chi connectivity index (χ4n) is 2.64. The van der Waals surface area contributed by atoms with Crippen LogP contribution in [0.3, 0.4) is 0 Å². The van der Waals surface area contributed by atoms with Crippen LogP contribution in [0.2, 0.25) is 0 Å². The molecule has 0 aromatic heterocycles. The van der Waals surface area contributed by atoms with Gasteiger partial charge in [-0.2, -0.15) is 0 Å². The first-order chi connectivity index (χ1) is 11.7. The largest absolute Gasteiger partial charge is 0.490 e. The Labute approximate surface area is 149 Å². The molecule has 1 amide bonds. The molecule has 0 radical (unpaired) electrons. The summed E-state index contributed by atoms with van der Waals surface area (Å²) in [6, 6.07) is 5.64. The van der Waals surface area contributed by atoms with E-state index in [4.69, 9.17) is 14.2 Å². The number of carbonyl (C=O) groups is 2. The van der Waals surface area contributed by atoms with Crippen molar-refractivity contribution in [1.82, 2.24) is 0 Å². The maximum absolute atomic E-state index is 12.4. The van der Waals surface area contributed by atoms with Crippen molar-refractivity contribution in [2.75, 3.05) is 24.7 Å². The van der Waals surface area contributed by atoms with Crippen molar-refractivity contribution >= 4 is 17.7 Å². The topological polar surface area (TPSA) is 65.1 Å². The summed E-state index contributed by atoms with van der Waals surface area (Å²) < 4.78 is 16.2. The summed E-state index contributed by atoms with van der Waals surface area (Å²) in [7, 11) is 0. The predicted octanol–water partition coefficient (Wildman–Crippen LogP) is 3.88. The van der Waals surface area contributed by atoms with Crippen LogP contribution in [0.4, 0.5) is 10.5 Å². The van der Waals surface area contributed by atoms with Crippen molar-refractivity contribution in [2.24, 2.45) is 0 Å². The molecule has 1 atom stereocenters. The van der Waals surface area contributed by atoms with E-state index in [1.165, 1.54) is 0 Å². The highest BCUT2D eigenvalue weighted by Crippen LogP contribution is 2.36. The average Bonchev–Trinajstić information content (AvgIpc) is 2.52. The zero-order valence-corrected chi connectivity index (χ0v) is 15.6. The number of nitrogens with zero attached hydrogens (tertiary/aromatic N) is 1. The van der Waals surface area contributed by atoms with Crippen LogP contribution >= 0.6 is 0 Å². The second-order valence-corrected chi connectivity index (χ2v) is 7.12. The lowest BCUT2D eigenvalue weighted by Crippen LogP contribution is -2.41. The van der Waals surface area contributed by atoms with Crippen LogP contribution < -0.4 is 9.64 Å². The van der Waals surface area contributed by atoms with E-state index in [0.717, 1.165) is 5.56 Å². The monoisotopic (exact) mass is 349 g/mol. The van der Waals surface area contributed by atoms with Crippen molar-refractivity contribution in [2.45, 2.75) is 52.6 Å². The lowest BCUT2D eigenvalue weighted by Gasteiger charge is -2.32. The number of hydrogen-bond acceptors (Lipinski definition) is 5. The van der Waals surface area contributed by atoms with Gasteiger partial charge in [-0.3, -0.25) is 9.69 Å². The van der Waals surface area contributed by atoms with Gasteiger partial charge in [0.15, 0.2) is 0 Å². The van der Waals surface area contributed by atoms with E-state index in [1.807, 2.05) is 45.9 Å². The maximum Gasteiger partial charge on any atom is 0.415 e. The minimum atomic E-state index is -0.552. The summed E-state index contributed by atoms with van der Waals surface area (Å²) in [6.07, 6.45) is -0.0769. The summed E-state index contributed by atoms with van der Waals surface area (Å²) in [4.78, 5) is 25.7. The van der Waals surface area contributed by atoms with Gasteiger partial charge in [0.1, 0.15) is 18.0 Å². The highest BCUT2D eigenvalue weighted by molar-refractivity contribution is 5.90. The van der Waals surface area contributed by atoms with Gasteiger partial charge in [0.25, 0.3) is 0 Å². The van der Waals surface area contributed by atoms with E-state index in [2.05, 4.69) is 0 Å². The Morgan fingerprint density at radius 2 is 2.04 bits per heavy atom. The van der Waals surface area contributed by atoms with Crippen LogP contribution in [0.5, 0.6) is 5.75 Å². The molecule has 0 saturated heterocycles. The zero-order chi connectivity index (χ0) is 18.6. The molecule has 6 nitrogen and oxygen atoms in total. The summed E-state index contributed by atoms with van der Waals surface area (Å²) in [5.41, 5.74) is 1.11. The third kappa shape index (κ3) is 5.11. The Morgan fingerprint density at radius 1 is 1.32 bits per heavy atom. The van der Waals surface area contributed by atoms with Crippen LogP contribution in [-0.4, -0.2) is 37.4 Å². The number of benzene rings is 1. The fraction of sp³-hybridized carbons (Fsp3) is 0.579. The van der Waals surface area contributed by atoms with Crippen LogP contribution in [-0.2, 0) is 14.3 Å². The molecule has 0 fully saturated rings. The number of hydrogen-bond donors (Lipinski definition) is 0. The predicted molar refractivity (Wildman–Crippen MR) is 95.2 cm³/mol. The first kappa shape index (κ1) is 19.1. The summed E-state index contributed by atoms with van der Waals surface area (Å²) in [5, 5.41) is 0. The van der Waals surface area contributed by atoms with Crippen molar-refractivity contribution in [3.8, 4) is 5.75 Å². The average molecular weight is 349 g/mol. The molecular weight excluding hydrogens is 322 g/mol. The van der Waals surface area contributed by atoms with Crippen LogP contribution in [0.1, 0.15) is 52.5 Å². The van der Waals surface area contributed by atoms with Crippen molar-refractivity contribution in [3.63, 3.8) is 0 Å². The molecule has 138 valence electrons. The normalized spacial score (nSPS) is 15.0. The number of rotatable bonds is 4. The third-order valence-corrected chi connectivity index (χ3v) is 3.81. The van der Waals surface area contributed by atoms with E-state index >= 15 is 0 Å². The van der Waals surface area contributed by atoms with Crippen molar-refractivity contribution in [3.05, 3.63) is 23.8 Å².